The van der Waals surface area contributed by atoms with Crippen LogP contribution in [0.25, 0.3) is 0 Å². The molecule has 0 radical (unpaired) electrons. The van der Waals surface area contributed by atoms with Crippen molar-refractivity contribution in [3.05, 3.63) is 71.3 Å². The second-order valence-corrected chi connectivity index (χ2v) is 9.63. The summed E-state index contributed by atoms with van der Waals surface area (Å²) >= 11 is 0. The summed E-state index contributed by atoms with van der Waals surface area (Å²) in [5.41, 5.74) is 15.1. The number of benzene rings is 2. The molecule has 2 rings (SSSR count). The Hall–Kier alpha value is -2.90. The highest BCUT2D eigenvalue weighted by atomic mass is 35.5. The van der Waals surface area contributed by atoms with Crippen LogP contribution in [0.15, 0.2) is 54.6 Å². The van der Waals surface area contributed by atoms with Gasteiger partial charge in [-0.05, 0) is 55.2 Å². The van der Waals surface area contributed by atoms with Gasteiger partial charge in [-0.2, -0.15) is 0 Å². The summed E-state index contributed by atoms with van der Waals surface area (Å²) in [5.74, 6) is -0.985. The van der Waals surface area contributed by atoms with Gasteiger partial charge in [-0.15, -0.1) is 12.4 Å². The normalized spacial score (nSPS) is 12.2. The summed E-state index contributed by atoms with van der Waals surface area (Å²) in [6.45, 7) is 4.87. The number of halogens is 1. The van der Waals surface area contributed by atoms with Crippen molar-refractivity contribution in [1.29, 1.82) is 0 Å². The first-order valence-electron chi connectivity index (χ1n) is 13.5. The fourth-order valence-electron chi connectivity index (χ4n) is 4.35. The van der Waals surface area contributed by atoms with Crippen LogP contribution < -0.4 is 11.5 Å². The molecule has 0 saturated heterocycles. The third-order valence-electron chi connectivity index (χ3n) is 6.39. The van der Waals surface area contributed by atoms with E-state index in [1.54, 1.807) is 4.90 Å². The van der Waals surface area contributed by atoms with Crippen molar-refractivity contribution in [3.8, 4) is 0 Å². The largest absolute Gasteiger partial charge is 0.461 e. The van der Waals surface area contributed by atoms with Crippen LogP contribution in [0.2, 0.25) is 0 Å². The second kappa shape index (κ2) is 18.4. The molecular weight excluding hydrogens is 502 g/mol. The van der Waals surface area contributed by atoms with Crippen molar-refractivity contribution in [2.75, 3.05) is 6.54 Å². The van der Waals surface area contributed by atoms with Crippen molar-refractivity contribution in [2.45, 2.75) is 90.3 Å². The molecular formula is C30H44ClN3O4. The minimum absolute atomic E-state index is 0. The zero-order valence-corrected chi connectivity index (χ0v) is 23.6. The van der Waals surface area contributed by atoms with Crippen molar-refractivity contribution in [2.24, 2.45) is 11.5 Å². The van der Waals surface area contributed by atoms with E-state index in [4.69, 9.17) is 16.2 Å². The molecule has 0 bridgehead atoms. The Bertz CT molecular complexity index is 969. The monoisotopic (exact) mass is 545 g/mol. The molecule has 4 N–H and O–H groups in total. The number of amides is 2. The number of unbranched alkanes of at least 4 members (excludes halogenated alkanes) is 1. The predicted molar refractivity (Wildman–Crippen MR) is 154 cm³/mol. The zero-order valence-electron chi connectivity index (χ0n) is 22.8. The molecule has 0 unspecified atom stereocenters. The first-order valence-corrected chi connectivity index (χ1v) is 13.5. The van der Waals surface area contributed by atoms with E-state index in [-0.39, 0.29) is 49.8 Å². The third kappa shape index (κ3) is 12.1. The van der Waals surface area contributed by atoms with Gasteiger partial charge in [0.25, 0.3) is 0 Å². The van der Waals surface area contributed by atoms with Gasteiger partial charge < -0.3 is 21.1 Å². The molecule has 210 valence electrons. The molecule has 0 saturated carbocycles. The van der Waals surface area contributed by atoms with Crippen molar-refractivity contribution in [1.82, 2.24) is 4.90 Å². The maximum atomic E-state index is 13.3. The molecule has 2 aromatic carbocycles. The van der Waals surface area contributed by atoms with Gasteiger partial charge >= 0.3 is 5.97 Å². The van der Waals surface area contributed by atoms with E-state index in [0.29, 0.717) is 25.8 Å². The standard InChI is InChI=1S/C30H43N3O4.ClH/c1-3-5-10-23-15-17-24(18-16-23)20-26(21-28(32)34)33(19-4-2)30(36)27(31)13-9-14-29(35)37-22-25-11-7-6-8-12-25;/h6-8,11-12,15-18,26-27H,3-5,9-10,13-14,19-22,31H2,1-2H3,(H2,32,34);1H/t26-,27-;/m0./s1. The number of hydrogen-bond donors (Lipinski definition) is 2. The number of primary amides is 1. The van der Waals surface area contributed by atoms with Crippen LogP contribution in [0.5, 0.6) is 0 Å². The molecule has 0 aliphatic heterocycles. The smallest absolute Gasteiger partial charge is 0.306 e. The minimum atomic E-state index is -0.764. The fraction of sp³-hybridized carbons (Fsp3) is 0.500. The second-order valence-electron chi connectivity index (χ2n) is 9.63. The summed E-state index contributed by atoms with van der Waals surface area (Å²) in [6.07, 6.45) is 5.65. The highest BCUT2D eigenvalue weighted by Crippen LogP contribution is 2.17. The maximum absolute atomic E-state index is 13.3. The topological polar surface area (TPSA) is 116 Å². The van der Waals surface area contributed by atoms with Gasteiger partial charge in [-0.3, -0.25) is 14.4 Å². The third-order valence-corrected chi connectivity index (χ3v) is 6.39. The number of ether oxygens (including phenoxy) is 1. The van der Waals surface area contributed by atoms with Gasteiger partial charge in [0.05, 0.1) is 6.04 Å². The van der Waals surface area contributed by atoms with E-state index < -0.39 is 11.9 Å². The molecule has 0 aromatic heterocycles. The first-order chi connectivity index (χ1) is 17.8. The van der Waals surface area contributed by atoms with Crippen LogP contribution in [0.3, 0.4) is 0 Å². The van der Waals surface area contributed by atoms with Crippen molar-refractivity contribution < 1.29 is 19.1 Å². The summed E-state index contributed by atoms with van der Waals surface area (Å²) in [5, 5.41) is 0. The number of aryl methyl sites for hydroxylation is 1. The Morgan fingerprint density at radius 1 is 0.895 bits per heavy atom. The quantitative estimate of drug-likeness (QED) is 0.279. The average Bonchev–Trinajstić information content (AvgIpc) is 2.89. The van der Waals surface area contributed by atoms with Crippen LogP contribution >= 0.6 is 12.4 Å². The highest BCUT2D eigenvalue weighted by molar-refractivity contribution is 5.85. The van der Waals surface area contributed by atoms with Crippen LogP contribution in [-0.2, 0) is 38.6 Å². The number of carbonyl (C=O) groups is 3. The van der Waals surface area contributed by atoms with Crippen LogP contribution in [0.1, 0.15) is 75.5 Å². The SMILES string of the molecule is CCCCc1ccc(C[C@@H](CC(N)=O)N(CCC)C(=O)[C@@H](N)CCCC(=O)OCc2ccccc2)cc1.Cl. The molecule has 0 aliphatic carbocycles. The number of carbonyl (C=O) groups excluding carboxylic acids is 3. The molecule has 0 aliphatic rings. The van der Waals surface area contributed by atoms with Crippen LogP contribution in [0.4, 0.5) is 0 Å². The summed E-state index contributed by atoms with van der Waals surface area (Å²) < 4.78 is 5.31. The Labute approximate surface area is 233 Å². The number of esters is 1. The molecule has 0 spiro atoms. The Balaban J connectivity index is 0.00000722. The van der Waals surface area contributed by atoms with E-state index in [0.717, 1.165) is 36.8 Å². The van der Waals surface area contributed by atoms with Crippen molar-refractivity contribution in [3.63, 3.8) is 0 Å². The van der Waals surface area contributed by atoms with E-state index >= 15 is 0 Å². The Kier molecular flexibility index (Phi) is 16.0. The van der Waals surface area contributed by atoms with Gasteiger partial charge in [0.1, 0.15) is 6.61 Å². The lowest BCUT2D eigenvalue weighted by Gasteiger charge is -2.33. The molecule has 38 heavy (non-hydrogen) atoms. The van der Waals surface area contributed by atoms with E-state index in [9.17, 15) is 14.4 Å². The minimum Gasteiger partial charge on any atom is -0.461 e. The Morgan fingerprint density at radius 2 is 1.55 bits per heavy atom. The van der Waals surface area contributed by atoms with Gasteiger partial charge in [0.15, 0.2) is 0 Å². The number of hydrogen-bond acceptors (Lipinski definition) is 5. The number of nitrogens with zero attached hydrogens (tertiary/aromatic N) is 1. The molecule has 7 nitrogen and oxygen atoms in total. The number of nitrogens with two attached hydrogens (primary N) is 2. The van der Waals surface area contributed by atoms with Gasteiger partial charge in [-0.1, -0.05) is 74.9 Å². The van der Waals surface area contributed by atoms with E-state index in [1.807, 2.05) is 37.3 Å². The lowest BCUT2D eigenvalue weighted by Crippen LogP contribution is -2.50. The summed E-state index contributed by atoms with van der Waals surface area (Å²) in [4.78, 5) is 39.0. The molecule has 2 amide bonds. The van der Waals surface area contributed by atoms with Gasteiger partial charge in [0, 0.05) is 25.4 Å². The molecule has 8 heteroatoms. The average molecular weight is 546 g/mol. The summed E-state index contributed by atoms with van der Waals surface area (Å²) in [6, 6.07) is 16.7. The van der Waals surface area contributed by atoms with Gasteiger partial charge in [0.2, 0.25) is 11.8 Å². The van der Waals surface area contributed by atoms with E-state index in [1.165, 1.54) is 5.56 Å². The fourth-order valence-corrected chi connectivity index (χ4v) is 4.35. The summed E-state index contributed by atoms with van der Waals surface area (Å²) in [7, 11) is 0. The maximum Gasteiger partial charge on any atom is 0.306 e. The van der Waals surface area contributed by atoms with E-state index in [2.05, 4.69) is 31.2 Å². The van der Waals surface area contributed by atoms with Crippen LogP contribution in [0, 0.1) is 0 Å². The lowest BCUT2D eigenvalue weighted by atomic mass is 9.97. The zero-order chi connectivity index (χ0) is 27.0. The predicted octanol–water partition coefficient (Wildman–Crippen LogP) is 4.72. The molecule has 2 aromatic rings. The van der Waals surface area contributed by atoms with Crippen molar-refractivity contribution >= 4 is 30.2 Å². The molecule has 2 atom stereocenters. The number of rotatable bonds is 17. The van der Waals surface area contributed by atoms with Crippen LogP contribution in [-0.4, -0.2) is 41.3 Å². The highest BCUT2D eigenvalue weighted by Gasteiger charge is 2.28. The molecule has 0 fully saturated rings. The lowest BCUT2D eigenvalue weighted by molar-refractivity contribution is -0.145. The first kappa shape index (κ1) is 33.1. The Morgan fingerprint density at radius 3 is 2.16 bits per heavy atom. The van der Waals surface area contributed by atoms with Gasteiger partial charge in [-0.25, -0.2) is 0 Å². The molecule has 0 heterocycles.